The number of hydrogen-bond donors (Lipinski definition) is 19. The van der Waals surface area contributed by atoms with Gasteiger partial charge in [-0.1, -0.05) is 134 Å². The summed E-state index contributed by atoms with van der Waals surface area (Å²) in [6.45, 7) is 30.1. The molecule has 5 aliphatic rings. The van der Waals surface area contributed by atoms with Crippen molar-refractivity contribution < 1.29 is 126 Å². The molecule has 776 valence electrons. The third-order valence-corrected chi connectivity index (χ3v) is 27.5. The fourth-order valence-electron chi connectivity index (χ4n) is 19.4. The van der Waals surface area contributed by atoms with Crippen molar-refractivity contribution in [1.82, 2.24) is 84.7 Å². The number of aliphatic carboxylic acids is 4. The molecular formula is C95H160N16O26. The fraction of sp³-hybridized carbons (Fsp3) is 0.789. The number of allylic oxidation sites excluding steroid dienone is 1. The average molecular weight is 1940 g/mol. The van der Waals surface area contributed by atoms with Crippen molar-refractivity contribution >= 4 is 107 Å². The zero-order valence-corrected chi connectivity index (χ0v) is 83.1. The molecule has 0 aromatic rings. The molecule has 0 aromatic heterocycles. The molecule has 3 saturated carbocycles. The second-order valence-electron chi connectivity index (χ2n) is 39.4. The molecule has 0 bridgehead atoms. The van der Waals surface area contributed by atoms with Crippen LogP contribution in [0.2, 0.25) is 0 Å². The second-order valence-corrected chi connectivity index (χ2v) is 39.4. The standard InChI is InChI=1S/C95H160N16O26/c1-16-57(9)81(90(129)105-68(27-29-78(116)117)85(124)106-70(46-55(5)6)88(127)103-61(13)92(131)132)109-76(114)52-101-84(123)72(49-80(120)121)108-91(130)82(58(10)17-2)110-86(125)69(28-30-79(118)119)104-83(122)60(12)102-87(126)71(47-56(7)8)107-89(128)73-22-19-39-111(73)77(115)53-100-75(113)51-99-74(112)50-97-38-41-135-43-45-136-44-42-134-40-37-96-35-36-98-93(133)137-63-31-33-94(14)62(48-63)23-24-64-66-26-25-65(59(11)21-18-20-54(3)4)95(66,15)34-32-67(64)94/h23,54-61,63-73,81-82,96-97H,16-22,24-53H2,1-15H3,(H,98,133)(H,99,112)(H,100,113)(H,101,123)(H,102,126)(H,103,127)(H,104,122)(H,105,129)(H,106,124)(H,107,128)(H,108,130)(H,109,114)(H,110,125)(H,116,117)(H,118,119)(H,120,121)(H,131,132)/t57-,58-,59-,60-,61-,63-,64+,65+,66-,67-,68-,69-,70-,71-,72-,73?,81+,82+,94-,95-/m1/s1. The Morgan fingerprint density at radius 3 is 1.55 bits per heavy atom. The number of ether oxygens (including phenoxy) is 4. The third kappa shape index (κ3) is 39.5. The van der Waals surface area contributed by atoms with E-state index in [4.69, 9.17) is 18.9 Å². The molecule has 1 heterocycles. The maximum Gasteiger partial charge on any atom is 0.407 e. The number of carboxylic acid groups (broad SMARTS) is 4. The summed E-state index contributed by atoms with van der Waals surface area (Å²) in [7, 11) is 0. The van der Waals surface area contributed by atoms with E-state index in [1.54, 1.807) is 48.5 Å². The largest absolute Gasteiger partial charge is 0.481 e. The Kier molecular flexibility index (Phi) is 50.8. The first-order valence-electron chi connectivity index (χ1n) is 49.2. The molecule has 5 rings (SSSR count). The summed E-state index contributed by atoms with van der Waals surface area (Å²) in [5.74, 6) is -14.9. The van der Waals surface area contributed by atoms with Gasteiger partial charge >= 0.3 is 30.0 Å². The maximum absolute atomic E-state index is 14.2. The molecular weight excluding hydrogens is 1780 g/mol. The first-order chi connectivity index (χ1) is 64.7. The monoisotopic (exact) mass is 1940 g/mol. The number of carboxylic acids is 4. The van der Waals surface area contributed by atoms with Crippen LogP contribution in [0.15, 0.2) is 11.6 Å². The molecule has 137 heavy (non-hydrogen) atoms. The van der Waals surface area contributed by atoms with Crippen LogP contribution < -0.4 is 79.8 Å². The van der Waals surface area contributed by atoms with Crippen molar-refractivity contribution in [2.45, 2.75) is 312 Å². The van der Waals surface area contributed by atoms with E-state index in [0.717, 1.165) is 55.3 Å². The van der Waals surface area contributed by atoms with E-state index in [9.17, 15) is 107 Å². The van der Waals surface area contributed by atoms with E-state index in [1.165, 1.54) is 76.2 Å². The summed E-state index contributed by atoms with van der Waals surface area (Å²) in [6, 6.07) is -14.9. The zero-order valence-electron chi connectivity index (χ0n) is 83.1. The number of carbonyl (C=O) groups is 18. The highest BCUT2D eigenvalue weighted by Crippen LogP contribution is 2.67. The predicted octanol–water partition coefficient (Wildman–Crippen LogP) is 2.57. The van der Waals surface area contributed by atoms with E-state index in [1.807, 2.05) is 0 Å². The van der Waals surface area contributed by atoms with E-state index in [0.29, 0.717) is 77.0 Å². The van der Waals surface area contributed by atoms with Gasteiger partial charge in [0.25, 0.3) is 0 Å². The van der Waals surface area contributed by atoms with Crippen molar-refractivity contribution in [2.24, 2.45) is 70.0 Å². The molecule has 1 saturated heterocycles. The number of hydrogen-bond acceptors (Lipinski definition) is 24. The SMILES string of the molecule is CC[C@@H](C)[C@H](NC(=O)CNC(=O)[C@@H](CC(=O)O)NC(=O)[C@@H](NC(=O)[C@@H](CCC(=O)O)NC(=O)[C@@H](C)NC(=O)[C@@H](CC(C)C)NC(=O)C1CCCN1C(=O)CNC(=O)CNC(=O)CNCCOCCOCCOCCNCCNC(=O)O[C@@H]1CC[C@]2(C)C(=CC[C@H]3[C@H]4CC[C@@H]([C@H](C)CCCC(C)C)[C@@]4(C)CC[C@H]32)C1)[C@H](C)CC)C(=O)N[C@H](CCC(=O)O)C(=O)N[C@H](CC(C)C)C(=O)N[C@H](C)C(=O)O. The minimum Gasteiger partial charge on any atom is -0.481 e. The van der Waals surface area contributed by atoms with Gasteiger partial charge in [-0.05, 0) is 167 Å². The number of likely N-dealkylation sites (tertiary alicyclic amines) is 1. The van der Waals surface area contributed by atoms with Crippen LogP contribution in [-0.4, -0.2) is 297 Å². The number of carbonyl (C=O) groups excluding carboxylic acids is 14. The zero-order chi connectivity index (χ0) is 102. The van der Waals surface area contributed by atoms with E-state index < -0.39 is 225 Å². The van der Waals surface area contributed by atoms with Gasteiger partial charge in [-0.15, -0.1) is 0 Å². The first-order valence-corrected chi connectivity index (χ1v) is 49.2. The number of nitrogens with zero attached hydrogens (tertiary/aromatic N) is 1. The van der Waals surface area contributed by atoms with Crippen LogP contribution >= 0.6 is 0 Å². The Hall–Kier alpha value is -10.2. The van der Waals surface area contributed by atoms with Crippen molar-refractivity contribution in [3.63, 3.8) is 0 Å². The van der Waals surface area contributed by atoms with Crippen LogP contribution in [0.1, 0.15) is 245 Å². The maximum atomic E-state index is 14.2. The second kappa shape index (κ2) is 59.3. The van der Waals surface area contributed by atoms with Crippen LogP contribution in [0.5, 0.6) is 0 Å². The minimum absolute atomic E-state index is 0.00306. The molecule has 42 heteroatoms. The third-order valence-electron chi connectivity index (χ3n) is 27.5. The number of alkyl carbamates (subject to hydrolysis) is 1. The van der Waals surface area contributed by atoms with E-state index >= 15 is 0 Å². The predicted molar refractivity (Wildman–Crippen MR) is 503 cm³/mol. The molecule has 20 atom stereocenters. The Morgan fingerprint density at radius 2 is 0.978 bits per heavy atom. The van der Waals surface area contributed by atoms with Crippen LogP contribution in [-0.2, 0) is 100 Å². The normalized spacial score (nSPS) is 22.0. The topological polar surface area (TPSA) is 609 Å². The molecule has 0 aromatic carbocycles. The van der Waals surface area contributed by atoms with Crippen molar-refractivity contribution in [3.05, 3.63) is 11.6 Å². The molecule has 1 aliphatic heterocycles. The Labute approximate surface area is 805 Å². The quantitative estimate of drug-likeness (QED) is 0.0307. The average Bonchev–Trinajstić information content (AvgIpc) is 1.64. The Morgan fingerprint density at radius 1 is 0.453 bits per heavy atom. The summed E-state index contributed by atoms with van der Waals surface area (Å²) in [6.07, 6.45) is 12.9. The van der Waals surface area contributed by atoms with Crippen molar-refractivity contribution in [2.75, 3.05) is 98.5 Å². The number of nitrogens with one attached hydrogen (secondary N) is 15. The molecule has 14 amide bonds. The highest BCUT2D eigenvalue weighted by molar-refractivity contribution is 6.00. The van der Waals surface area contributed by atoms with Gasteiger partial charge in [0.1, 0.15) is 66.5 Å². The Bertz CT molecular complexity index is 4060. The molecule has 4 aliphatic carbocycles. The number of fused-ring (bicyclic) bond motifs is 5. The lowest BCUT2D eigenvalue weighted by atomic mass is 9.47. The number of amides is 14. The first kappa shape index (κ1) is 117. The Balaban J connectivity index is 0.973. The van der Waals surface area contributed by atoms with Crippen LogP contribution in [0.4, 0.5) is 4.79 Å². The molecule has 19 N–H and O–H groups in total. The van der Waals surface area contributed by atoms with Gasteiger partial charge in [0, 0.05) is 52.0 Å². The van der Waals surface area contributed by atoms with Gasteiger partial charge in [-0.25, -0.2) is 4.79 Å². The smallest absolute Gasteiger partial charge is 0.407 e. The summed E-state index contributed by atoms with van der Waals surface area (Å²) in [5.41, 5.74) is 2.16. The van der Waals surface area contributed by atoms with Crippen LogP contribution in [0, 0.1) is 70.0 Å². The molecule has 0 radical (unpaired) electrons. The van der Waals surface area contributed by atoms with Crippen molar-refractivity contribution in [1.29, 1.82) is 0 Å². The lowest BCUT2D eigenvalue weighted by Gasteiger charge is -2.58. The summed E-state index contributed by atoms with van der Waals surface area (Å²) in [5, 5.41) is 76.5. The summed E-state index contributed by atoms with van der Waals surface area (Å²) < 4.78 is 22.8. The lowest BCUT2D eigenvalue weighted by molar-refractivity contribution is -0.142. The van der Waals surface area contributed by atoms with E-state index in [2.05, 4.69) is 120 Å². The summed E-state index contributed by atoms with van der Waals surface area (Å²) in [4.78, 5) is 239. The van der Waals surface area contributed by atoms with Gasteiger partial charge in [-0.3, -0.25) is 81.5 Å². The van der Waals surface area contributed by atoms with Crippen LogP contribution in [0.25, 0.3) is 0 Å². The fourth-order valence-corrected chi connectivity index (χ4v) is 19.4. The van der Waals surface area contributed by atoms with Gasteiger partial charge in [0.05, 0.1) is 72.2 Å². The number of rotatable bonds is 64. The highest BCUT2D eigenvalue weighted by atomic mass is 16.6. The molecule has 0 spiro atoms. The highest BCUT2D eigenvalue weighted by Gasteiger charge is 2.60. The van der Waals surface area contributed by atoms with Gasteiger partial charge in [0.15, 0.2) is 0 Å². The van der Waals surface area contributed by atoms with E-state index in [-0.39, 0.29) is 81.2 Å². The van der Waals surface area contributed by atoms with Crippen molar-refractivity contribution in [3.8, 4) is 0 Å². The van der Waals surface area contributed by atoms with Gasteiger partial charge < -0.3 is 124 Å². The lowest BCUT2D eigenvalue weighted by Crippen LogP contribution is -2.60. The van der Waals surface area contributed by atoms with Gasteiger partial charge in [-0.2, -0.15) is 0 Å². The molecule has 42 nitrogen and oxygen atoms in total. The summed E-state index contributed by atoms with van der Waals surface area (Å²) >= 11 is 0. The minimum atomic E-state index is -1.95. The molecule has 1 unspecified atom stereocenters. The van der Waals surface area contributed by atoms with Crippen LogP contribution in [0.3, 0.4) is 0 Å². The van der Waals surface area contributed by atoms with Gasteiger partial charge in [0.2, 0.25) is 76.8 Å². The molecule has 4 fully saturated rings.